The van der Waals surface area contributed by atoms with E-state index in [0.29, 0.717) is 11.3 Å². The Kier molecular flexibility index (Phi) is 4.22. The van der Waals surface area contributed by atoms with Crippen molar-refractivity contribution in [3.8, 4) is 0 Å². The van der Waals surface area contributed by atoms with E-state index in [2.05, 4.69) is 10.3 Å². The third-order valence-corrected chi connectivity index (χ3v) is 3.88. The molecule has 6 nitrogen and oxygen atoms in total. The summed E-state index contributed by atoms with van der Waals surface area (Å²) in [6.45, 7) is 1.71. The highest BCUT2D eigenvalue weighted by molar-refractivity contribution is 7.17. The molecule has 1 N–H and O–H groups in total. The third-order valence-electron chi connectivity index (χ3n) is 2.38. The highest BCUT2D eigenvalue weighted by atomic mass is 35.5. The summed E-state index contributed by atoms with van der Waals surface area (Å²) >= 11 is 12.4. The molecule has 0 spiro atoms. The summed E-state index contributed by atoms with van der Waals surface area (Å²) < 4.78 is 0. The number of pyridine rings is 1. The number of aromatic nitrogens is 1. The number of halogens is 2. The van der Waals surface area contributed by atoms with Gasteiger partial charge in [-0.25, -0.2) is 4.98 Å². The number of hydrogen-bond acceptors (Lipinski definition) is 5. The molecule has 0 aliphatic rings. The van der Waals surface area contributed by atoms with Crippen LogP contribution in [0.2, 0.25) is 10.3 Å². The average Bonchev–Trinajstić information content (AvgIpc) is 2.83. The van der Waals surface area contributed by atoms with Crippen molar-refractivity contribution in [1.82, 2.24) is 4.98 Å². The van der Waals surface area contributed by atoms with Gasteiger partial charge in [-0.05, 0) is 24.6 Å². The first-order chi connectivity index (χ1) is 9.38. The molecule has 0 fully saturated rings. The number of nitrogens with one attached hydrogen (secondary N) is 1. The summed E-state index contributed by atoms with van der Waals surface area (Å²) in [6.07, 6.45) is 0. The molecule has 0 atom stereocenters. The lowest BCUT2D eigenvalue weighted by Crippen LogP contribution is -2.12. The van der Waals surface area contributed by atoms with Crippen molar-refractivity contribution in [2.75, 3.05) is 5.32 Å². The summed E-state index contributed by atoms with van der Waals surface area (Å²) in [5, 5.41) is 13.3. The first kappa shape index (κ1) is 14.7. The molecule has 0 bridgehead atoms. The molecule has 104 valence electrons. The van der Waals surface area contributed by atoms with E-state index in [-0.39, 0.29) is 20.2 Å². The minimum Gasteiger partial charge on any atom is -0.318 e. The number of anilines is 1. The van der Waals surface area contributed by atoms with Crippen LogP contribution >= 0.6 is 34.5 Å². The van der Waals surface area contributed by atoms with Crippen molar-refractivity contribution in [1.29, 1.82) is 0 Å². The number of rotatable bonds is 3. The molecule has 2 rings (SSSR count). The lowest BCUT2D eigenvalue weighted by molar-refractivity contribution is -0.380. The quantitative estimate of drug-likeness (QED) is 0.524. The van der Waals surface area contributed by atoms with E-state index in [0.717, 1.165) is 11.3 Å². The molecule has 0 aromatic carbocycles. The number of aryl methyl sites for hydroxylation is 1. The Hall–Kier alpha value is -1.70. The van der Waals surface area contributed by atoms with E-state index in [4.69, 9.17) is 23.2 Å². The predicted octanol–water partition coefficient (Wildman–Crippen LogP) is 3.92. The fourth-order valence-corrected chi connectivity index (χ4v) is 2.76. The lowest BCUT2D eigenvalue weighted by atomic mass is 10.2. The summed E-state index contributed by atoms with van der Waals surface area (Å²) in [5.74, 6) is -0.489. The Morgan fingerprint density at radius 2 is 2.15 bits per heavy atom. The summed E-state index contributed by atoms with van der Waals surface area (Å²) in [5.41, 5.74) is 0.978. The van der Waals surface area contributed by atoms with E-state index in [1.54, 1.807) is 13.0 Å². The molecule has 1 amide bonds. The van der Waals surface area contributed by atoms with Crippen molar-refractivity contribution in [2.24, 2.45) is 0 Å². The maximum atomic E-state index is 12.0. The van der Waals surface area contributed by atoms with Gasteiger partial charge < -0.3 is 5.32 Å². The van der Waals surface area contributed by atoms with Crippen LogP contribution in [-0.4, -0.2) is 15.8 Å². The van der Waals surface area contributed by atoms with Crippen LogP contribution in [0.4, 0.5) is 10.7 Å². The smallest absolute Gasteiger partial charge is 0.318 e. The molecular formula is C11H7Cl2N3O3S. The second kappa shape index (κ2) is 5.74. The largest absolute Gasteiger partial charge is 0.324 e. The van der Waals surface area contributed by atoms with Crippen LogP contribution in [0.25, 0.3) is 0 Å². The number of carbonyl (C=O) groups is 1. The standard InChI is InChI=1S/C11H7Cl2N3O3S/c1-5-4-7(12)14-10(13)9(5)15-11(17)6-2-3-8(20-6)16(18)19/h2-4H,1H3,(H,15,17). The van der Waals surface area contributed by atoms with Gasteiger partial charge in [0.05, 0.1) is 15.5 Å². The van der Waals surface area contributed by atoms with Crippen molar-refractivity contribution >= 4 is 51.1 Å². The normalized spacial score (nSPS) is 10.3. The molecule has 20 heavy (non-hydrogen) atoms. The maximum Gasteiger partial charge on any atom is 0.324 e. The van der Waals surface area contributed by atoms with Gasteiger partial charge in [0, 0.05) is 6.07 Å². The molecule has 0 saturated heterocycles. The Balaban J connectivity index is 2.25. The van der Waals surface area contributed by atoms with Crippen LogP contribution in [0.5, 0.6) is 0 Å². The van der Waals surface area contributed by atoms with Crippen LogP contribution in [0.15, 0.2) is 18.2 Å². The summed E-state index contributed by atoms with van der Waals surface area (Å²) in [6, 6.07) is 4.21. The van der Waals surface area contributed by atoms with Crippen LogP contribution in [-0.2, 0) is 0 Å². The minimum atomic E-state index is -0.552. The molecule has 2 heterocycles. The molecule has 2 aromatic rings. The SMILES string of the molecule is Cc1cc(Cl)nc(Cl)c1NC(=O)c1ccc([N+](=O)[O-])s1. The number of amides is 1. The molecule has 9 heteroatoms. The second-order valence-corrected chi connectivity index (χ2v) is 5.58. The van der Waals surface area contributed by atoms with Crippen molar-refractivity contribution in [3.63, 3.8) is 0 Å². The summed E-state index contributed by atoms with van der Waals surface area (Å²) in [7, 11) is 0. The van der Waals surface area contributed by atoms with Crippen LogP contribution < -0.4 is 5.32 Å². The van der Waals surface area contributed by atoms with Crippen molar-refractivity contribution < 1.29 is 9.72 Å². The molecule has 0 aliphatic carbocycles. The maximum absolute atomic E-state index is 12.0. The Morgan fingerprint density at radius 1 is 1.45 bits per heavy atom. The highest BCUT2D eigenvalue weighted by Crippen LogP contribution is 2.29. The Labute approximate surface area is 127 Å². The van der Waals surface area contributed by atoms with Crippen LogP contribution in [0.1, 0.15) is 15.2 Å². The van der Waals surface area contributed by atoms with Crippen LogP contribution in [0.3, 0.4) is 0 Å². The topological polar surface area (TPSA) is 85.1 Å². The third kappa shape index (κ3) is 3.06. The Morgan fingerprint density at radius 3 is 2.70 bits per heavy atom. The van der Waals surface area contributed by atoms with Gasteiger partial charge in [0.2, 0.25) is 0 Å². The zero-order valence-corrected chi connectivity index (χ0v) is 12.3. The minimum absolute atomic E-state index is 0.0643. The number of nitrogens with zero attached hydrogens (tertiary/aromatic N) is 2. The number of carbonyl (C=O) groups excluding carboxylic acids is 1. The zero-order chi connectivity index (χ0) is 14.9. The molecule has 0 radical (unpaired) electrons. The van der Waals surface area contributed by atoms with E-state index in [9.17, 15) is 14.9 Å². The van der Waals surface area contributed by atoms with Crippen molar-refractivity contribution in [3.05, 3.63) is 49.1 Å². The van der Waals surface area contributed by atoms with E-state index in [1.165, 1.54) is 12.1 Å². The van der Waals surface area contributed by atoms with Gasteiger partial charge in [0.25, 0.3) is 5.91 Å². The molecule has 0 saturated carbocycles. The van der Waals surface area contributed by atoms with E-state index >= 15 is 0 Å². The first-order valence-corrected chi connectivity index (χ1v) is 6.84. The van der Waals surface area contributed by atoms with Gasteiger partial charge in [-0.15, -0.1) is 0 Å². The van der Waals surface area contributed by atoms with E-state index in [1.807, 2.05) is 0 Å². The van der Waals surface area contributed by atoms with Gasteiger partial charge in [-0.1, -0.05) is 34.5 Å². The molecular weight excluding hydrogens is 325 g/mol. The summed E-state index contributed by atoms with van der Waals surface area (Å²) in [4.78, 5) is 26.1. The van der Waals surface area contributed by atoms with Gasteiger partial charge in [-0.2, -0.15) is 0 Å². The molecule has 2 aromatic heterocycles. The zero-order valence-electron chi connectivity index (χ0n) is 10.0. The number of hydrogen-bond donors (Lipinski definition) is 1. The fourth-order valence-electron chi connectivity index (χ4n) is 1.47. The number of thiophene rings is 1. The monoisotopic (exact) mass is 331 g/mol. The molecule has 0 aliphatic heterocycles. The van der Waals surface area contributed by atoms with Gasteiger partial charge in [0.1, 0.15) is 5.15 Å². The Bertz CT molecular complexity index is 679. The van der Waals surface area contributed by atoms with Crippen molar-refractivity contribution in [2.45, 2.75) is 6.92 Å². The van der Waals surface area contributed by atoms with E-state index < -0.39 is 10.8 Å². The second-order valence-electron chi connectivity index (χ2n) is 3.78. The van der Waals surface area contributed by atoms with Crippen LogP contribution in [0, 0.1) is 17.0 Å². The lowest BCUT2D eigenvalue weighted by Gasteiger charge is -2.09. The van der Waals surface area contributed by atoms with Gasteiger partial charge in [0.15, 0.2) is 5.15 Å². The fraction of sp³-hybridized carbons (Fsp3) is 0.0909. The van der Waals surface area contributed by atoms with Gasteiger partial charge in [-0.3, -0.25) is 14.9 Å². The van der Waals surface area contributed by atoms with Gasteiger partial charge >= 0.3 is 5.00 Å². The first-order valence-electron chi connectivity index (χ1n) is 5.26. The number of nitro groups is 1. The molecule has 0 unspecified atom stereocenters. The highest BCUT2D eigenvalue weighted by Gasteiger charge is 2.17. The predicted molar refractivity (Wildman–Crippen MR) is 77.9 cm³/mol. The average molecular weight is 332 g/mol.